The number of aliphatic carboxylic acids is 1. The largest absolute Gasteiger partial charge is 0.481 e. The third kappa shape index (κ3) is 1.76. The van der Waals surface area contributed by atoms with E-state index in [1.807, 2.05) is 0 Å². The average molecular weight is 95.1 g/mol. The molecule has 2 nitrogen and oxygen atoms in total. The molecule has 2 heteroatoms. The zero-order chi connectivity index (χ0) is 10.9. The Morgan fingerprint density at radius 1 is 2.50 bits per heavy atom. The van der Waals surface area contributed by atoms with Gasteiger partial charge < -0.3 is 5.11 Å². The smallest absolute Gasteiger partial charge is 0.305 e. The summed E-state index contributed by atoms with van der Waals surface area (Å²) in [5.41, 5.74) is 0. The Labute approximate surface area is 46.7 Å². The highest BCUT2D eigenvalue weighted by molar-refractivity contribution is 5.68. The monoisotopic (exact) mass is 95.1 g/mol. The standard InChI is InChI=1S/C4H8O2/c1-3(2)4(5)6/h3H,1-2H3,(H,5,6)/i1D2,2D3,3D/hD. The van der Waals surface area contributed by atoms with Gasteiger partial charge in [-0.15, -0.1) is 0 Å². The summed E-state index contributed by atoms with van der Waals surface area (Å²) in [6.45, 7) is -5.39. The van der Waals surface area contributed by atoms with Crippen molar-refractivity contribution in [2.45, 2.75) is 13.7 Å². The fourth-order valence-corrected chi connectivity index (χ4v) is 0. The lowest BCUT2D eigenvalue weighted by atomic mass is 10.2. The van der Waals surface area contributed by atoms with Crippen LogP contribution in [0.15, 0.2) is 0 Å². The first kappa shape index (κ1) is 0.831. The molecule has 0 aliphatic heterocycles. The molecule has 0 radical (unpaired) electrons. The van der Waals surface area contributed by atoms with Crippen molar-refractivity contribution in [3.8, 4) is 0 Å². The van der Waals surface area contributed by atoms with E-state index >= 15 is 0 Å². The normalized spacial score (nSPS) is 37.8. The number of hydrogen-bond acceptors (Lipinski definition) is 2. The quantitative estimate of drug-likeness (QED) is 0.521. The number of rotatable bonds is 1. The van der Waals surface area contributed by atoms with Gasteiger partial charge in [0.2, 0.25) is 0 Å². The Hall–Kier alpha value is -0.530. The molecule has 0 aromatic carbocycles. The number of carbonyl (C=O) groups is 1. The maximum absolute atomic E-state index is 10.7. The highest BCUT2D eigenvalue weighted by Crippen LogP contribution is 1.87. The predicted molar refractivity (Wildman–Crippen MR) is 22.5 cm³/mol. The lowest BCUT2D eigenvalue weighted by Gasteiger charge is -1.89. The van der Waals surface area contributed by atoms with Crippen LogP contribution in [0.25, 0.3) is 1.43 Å². The lowest BCUT2D eigenvalue weighted by Crippen LogP contribution is -2.03. The first-order valence-corrected chi connectivity index (χ1v) is 1.20. The number of hydrogen-bond donors (Lipinski definition) is 1. The summed E-state index contributed by atoms with van der Waals surface area (Å²) in [5, 5.41) is 3.33. The Balaban J connectivity index is 5.08. The van der Waals surface area contributed by atoms with Crippen LogP contribution >= 0.6 is 0 Å². The topological polar surface area (TPSA) is 37.3 Å². The minimum absolute atomic E-state index is 1.72. The summed E-state index contributed by atoms with van der Waals surface area (Å²) in [7, 11) is 0. The van der Waals surface area contributed by atoms with Crippen LogP contribution in [0.2, 0.25) is 0 Å². The third-order valence-electron chi connectivity index (χ3n) is 0.220. The second kappa shape index (κ2) is 1.80. The van der Waals surface area contributed by atoms with Gasteiger partial charge in [-0.3, -0.25) is 4.79 Å². The lowest BCUT2D eigenvalue weighted by molar-refractivity contribution is -0.140. The fourth-order valence-electron chi connectivity index (χ4n) is 0. The molecule has 36 valence electrons. The molecule has 0 aliphatic carbocycles. The molecule has 0 spiro atoms. The summed E-state index contributed by atoms with van der Waals surface area (Å²) >= 11 is 0. The van der Waals surface area contributed by atoms with Gasteiger partial charge in [0.05, 0.1) is 5.89 Å². The van der Waals surface area contributed by atoms with Crippen LogP contribution in [-0.2, 0) is 4.79 Å². The van der Waals surface area contributed by atoms with Crippen molar-refractivity contribution in [3.63, 3.8) is 0 Å². The summed E-state index contributed by atoms with van der Waals surface area (Å²) in [5.74, 6) is -4.74. The van der Waals surface area contributed by atoms with Gasteiger partial charge in [0.1, 0.15) is 0 Å². The summed E-state index contributed by atoms with van der Waals surface area (Å²) < 4.78 is 47.1. The van der Waals surface area contributed by atoms with Crippen molar-refractivity contribution in [1.29, 1.82) is 1.43 Å². The Bertz CT molecular complexity index is 199. The minimum Gasteiger partial charge on any atom is -0.481 e. The molecule has 1 N–H and O–H groups in total. The maximum Gasteiger partial charge on any atom is 0.305 e. The van der Waals surface area contributed by atoms with Gasteiger partial charge in [-0.1, -0.05) is 13.7 Å². The molecule has 6 heavy (non-hydrogen) atoms. The van der Waals surface area contributed by atoms with Crippen LogP contribution in [0.5, 0.6) is 0 Å². The van der Waals surface area contributed by atoms with Gasteiger partial charge >= 0.3 is 5.97 Å². The van der Waals surface area contributed by atoms with Gasteiger partial charge in [0.25, 0.3) is 1.43 Å². The van der Waals surface area contributed by atoms with Crippen molar-refractivity contribution in [2.75, 3.05) is 0 Å². The van der Waals surface area contributed by atoms with Crippen molar-refractivity contribution >= 4 is 5.97 Å². The molecule has 0 aromatic rings. The Morgan fingerprint density at radius 3 is 3.50 bits per heavy atom. The van der Waals surface area contributed by atoms with Crippen LogP contribution < -0.4 is 0 Å². The Morgan fingerprint density at radius 2 is 3.33 bits per heavy atom. The SMILES string of the molecule is [2H]OC(=O)C([2H])(C([2H])[2H])C([2H])([2H])[2H]. The van der Waals surface area contributed by atoms with E-state index in [-0.39, 0.29) is 0 Å². The van der Waals surface area contributed by atoms with Gasteiger partial charge in [-0.25, -0.2) is 0 Å². The van der Waals surface area contributed by atoms with Crippen molar-refractivity contribution < 1.29 is 18.1 Å². The van der Waals surface area contributed by atoms with Gasteiger partial charge in [0.15, 0.2) is 0 Å². The first-order chi connectivity index (χ1) is 5.67. The molecule has 0 aromatic heterocycles. The van der Waals surface area contributed by atoms with Crippen molar-refractivity contribution in [2.24, 2.45) is 5.89 Å². The first-order valence-electron chi connectivity index (χ1n) is 4.76. The fraction of sp³-hybridized carbons (Fsp3) is 0.750. The van der Waals surface area contributed by atoms with E-state index in [0.29, 0.717) is 0 Å². The van der Waals surface area contributed by atoms with Crippen LogP contribution in [-0.4, -0.2) is 11.1 Å². The van der Waals surface area contributed by atoms with Crippen LogP contribution in [0.4, 0.5) is 0 Å². The van der Waals surface area contributed by atoms with E-state index < -0.39 is 25.6 Å². The molecule has 0 saturated carbocycles. The number of carboxylic acids is 1. The molecule has 0 fully saturated rings. The second-order valence-electron chi connectivity index (χ2n) is 0.701. The van der Waals surface area contributed by atoms with Gasteiger partial charge in [-0.05, 0) is 0 Å². The molecule has 0 saturated heterocycles. The van der Waals surface area contributed by atoms with Gasteiger partial charge in [-0.2, -0.15) is 0 Å². The molecule has 1 unspecified atom stereocenters. The molecule has 0 bridgehead atoms. The molecule has 1 atom stereocenters. The van der Waals surface area contributed by atoms with E-state index in [9.17, 15) is 4.79 Å². The molecular weight excluding hydrogens is 80.0 g/mol. The Kier molecular flexibility index (Phi) is 0.249. The van der Waals surface area contributed by atoms with Crippen LogP contribution in [0.1, 0.15) is 22.0 Å². The zero-order valence-corrected chi connectivity index (χ0v) is 2.89. The highest BCUT2D eigenvalue weighted by Gasteiger charge is 1.99. The minimum atomic E-state index is -3.15. The molecule has 0 heterocycles. The molecule has 0 aliphatic rings. The average Bonchev–Trinajstić information content (AvgIpc) is 1.98. The highest BCUT2D eigenvalue weighted by atomic mass is 16.4. The van der Waals surface area contributed by atoms with Crippen molar-refractivity contribution in [1.82, 2.24) is 0 Å². The van der Waals surface area contributed by atoms with Crippen LogP contribution in [0.3, 0.4) is 0 Å². The molecule has 0 rings (SSSR count). The van der Waals surface area contributed by atoms with E-state index in [4.69, 9.17) is 9.66 Å². The van der Waals surface area contributed by atoms with Crippen LogP contribution in [0, 0.1) is 5.89 Å². The molecule has 0 amide bonds. The van der Waals surface area contributed by atoms with Gasteiger partial charge in [0, 0.05) is 8.22 Å². The second-order valence-corrected chi connectivity index (χ2v) is 0.701. The summed E-state index contributed by atoms with van der Waals surface area (Å²) in [6.07, 6.45) is 0. The summed E-state index contributed by atoms with van der Waals surface area (Å²) in [6, 6.07) is 0. The zero-order valence-electron chi connectivity index (χ0n) is 9.89. The van der Waals surface area contributed by atoms with E-state index in [1.165, 1.54) is 0 Å². The molecular formula is C4H8O2. The van der Waals surface area contributed by atoms with Crippen molar-refractivity contribution in [3.05, 3.63) is 0 Å². The number of carboxylic acid groups (broad SMARTS) is 1. The van der Waals surface area contributed by atoms with E-state index in [2.05, 4.69) is 5.11 Å². The van der Waals surface area contributed by atoms with E-state index in [1.54, 1.807) is 0 Å². The predicted octanol–water partition coefficient (Wildman–Crippen LogP) is 0.727. The third-order valence-corrected chi connectivity index (χ3v) is 0.220. The summed E-state index contributed by atoms with van der Waals surface area (Å²) in [4.78, 5) is 10.7. The van der Waals surface area contributed by atoms with E-state index in [0.717, 1.165) is 0 Å². The maximum atomic E-state index is 10.7.